The van der Waals surface area contributed by atoms with E-state index in [0.717, 1.165) is 39.2 Å². The van der Waals surface area contributed by atoms with Crippen molar-refractivity contribution in [3.8, 4) is 11.1 Å². The maximum absolute atomic E-state index is 13.5. The van der Waals surface area contributed by atoms with Crippen LogP contribution in [0.1, 0.15) is 12.5 Å². The van der Waals surface area contributed by atoms with E-state index in [4.69, 9.17) is 5.73 Å². The number of nitrogens with two attached hydrogens (primary N) is 1. The monoisotopic (exact) mass is 315 g/mol. The Labute approximate surface area is 140 Å². The molecule has 0 bridgehead atoms. The van der Waals surface area contributed by atoms with Crippen molar-refractivity contribution < 1.29 is 4.39 Å². The summed E-state index contributed by atoms with van der Waals surface area (Å²) < 4.78 is 13.5. The summed E-state index contributed by atoms with van der Waals surface area (Å²) in [6, 6.07) is 21.3. The predicted octanol–water partition coefficient (Wildman–Crippen LogP) is 5.94. The Morgan fingerprint density at radius 1 is 0.833 bits per heavy atom. The molecule has 0 spiro atoms. The van der Waals surface area contributed by atoms with Crippen molar-refractivity contribution in [2.24, 2.45) is 0 Å². The van der Waals surface area contributed by atoms with Crippen LogP contribution in [-0.2, 0) is 6.42 Å². The number of halogens is 1. The molecule has 0 fully saturated rings. The van der Waals surface area contributed by atoms with Crippen molar-refractivity contribution in [2.75, 3.05) is 5.73 Å². The van der Waals surface area contributed by atoms with Crippen molar-refractivity contribution in [1.82, 2.24) is 0 Å². The number of aryl methyl sites for hydroxylation is 1. The summed E-state index contributed by atoms with van der Waals surface area (Å²) in [6.07, 6.45) is 0.932. The third-order valence-corrected chi connectivity index (χ3v) is 4.64. The van der Waals surface area contributed by atoms with Gasteiger partial charge in [0, 0.05) is 11.3 Å². The van der Waals surface area contributed by atoms with Gasteiger partial charge < -0.3 is 5.73 Å². The number of benzene rings is 4. The molecule has 4 aromatic carbocycles. The van der Waals surface area contributed by atoms with E-state index in [9.17, 15) is 4.39 Å². The number of anilines is 1. The van der Waals surface area contributed by atoms with Gasteiger partial charge in [-0.2, -0.15) is 0 Å². The van der Waals surface area contributed by atoms with Crippen LogP contribution in [0.2, 0.25) is 0 Å². The van der Waals surface area contributed by atoms with Crippen LogP contribution in [0.5, 0.6) is 0 Å². The first-order valence-corrected chi connectivity index (χ1v) is 8.17. The second-order valence-electron chi connectivity index (χ2n) is 6.11. The Bertz CT molecular complexity index is 1070. The number of hydrogen-bond donors (Lipinski definition) is 1. The van der Waals surface area contributed by atoms with E-state index >= 15 is 0 Å². The average molecular weight is 315 g/mol. The average Bonchev–Trinajstić information content (AvgIpc) is 2.59. The highest BCUT2D eigenvalue weighted by Gasteiger charge is 2.12. The van der Waals surface area contributed by atoms with Crippen LogP contribution in [0.25, 0.3) is 32.7 Å². The fraction of sp³-hybridized carbons (Fsp3) is 0.0909. The zero-order valence-corrected chi connectivity index (χ0v) is 13.5. The zero-order chi connectivity index (χ0) is 16.7. The molecule has 0 aliphatic rings. The fourth-order valence-corrected chi connectivity index (χ4v) is 3.42. The van der Waals surface area contributed by atoms with Gasteiger partial charge in [-0.15, -0.1) is 0 Å². The minimum absolute atomic E-state index is 0.209. The number of fused-ring (bicyclic) bond motifs is 2. The van der Waals surface area contributed by atoms with Crippen LogP contribution >= 0.6 is 0 Å². The Balaban J connectivity index is 2.13. The Morgan fingerprint density at radius 2 is 1.62 bits per heavy atom. The van der Waals surface area contributed by atoms with Crippen LogP contribution in [0.15, 0.2) is 66.7 Å². The molecule has 0 radical (unpaired) electrons. The molecule has 0 saturated heterocycles. The molecular weight excluding hydrogens is 297 g/mol. The summed E-state index contributed by atoms with van der Waals surface area (Å²) in [5.74, 6) is -0.209. The fourth-order valence-electron chi connectivity index (χ4n) is 3.42. The van der Waals surface area contributed by atoms with Crippen LogP contribution in [0, 0.1) is 5.82 Å². The molecule has 1 nitrogen and oxygen atoms in total. The van der Waals surface area contributed by atoms with Crippen LogP contribution < -0.4 is 5.73 Å². The molecule has 0 amide bonds. The highest BCUT2D eigenvalue weighted by molar-refractivity contribution is 6.07. The summed E-state index contributed by atoms with van der Waals surface area (Å²) in [4.78, 5) is 0. The highest BCUT2D eigenvalue weighted by Crippen LogP contribution is 2.37. The normalized spacial score (nSPS) is 11.2. The van der Waals surface area contributed by atoms with E-state index in [1.807, 2.05) is 24.3 Å². The maximum Gasteiger partial charge on any atom is 0.123 e. The van der Waals surface area contributed by atoms with Gasteiger partial charge in [0.15, 0.2) is 0 Å². The van der Waals surface area contributed by atoms with Crippen molar-refractivity contribution in [3.05, 3.63) is 78.1 Å². The number of hydrogen-bond acceptors (Lipinski definition) is 1. The molecule has 0 aliphatic carbocycles. The predicted molar refractivity (Wildman–Crippen MR) is 101 cm³/mol. The minimum Gasteiger partial charge on any atom is -0.398 e. The molecule has 4 aromatic rings. The largest absolute Gasteiger partial charge is 0.398 e. The minimum atomic E-state index is -0.209. The maximum atomic E-state index is 13.5. The summed E-state index contributed by atoms with van der Waals surface area (Å²) in [5.41, 5.74) is 10.5. The smallest absolute Gasteiger partial charge is 0.123 e. The van der Waals surface area contributed by atoms with Crippen molar-refractivity contribution in [2.45, 2.75) is 13.3 Å². The lowest BCUT2D eigenvalue weighted by atomic mass is 9.90. The molecular formula is C22H18FN. The third-order valence-electron chi connectivity index (χ3n) is 4.64. The molecule has 4 rings (SSSR count). The summed E-state index contributed by atoms with van der Waals surface area (Å²) in [7, 11) is 0. The standard InChI is InChI=1S/C22H18FN/c1-2-14-7-8-16-11-17-12-18(23)10-9-15(17)13-20(16)22(14)19-5-3-4-6-21(19)24/h3-13H,2,24H2,1H3. The van der Waals surface area contributed by atoms with Gasteiger partial charge in [-0.05, 0) is 69.4 Å². The van der Waals surface area contributed by atoms with Gasteiger partial charge in [-0.25, -0.2) is 4.39 Å². The number of rotatable bonds is 2. The number of para-hydroxylation sites is 1. The number of nitrogen functional groups attached to an aromatic ring is 1. The van der Waals surface area contributed by atoms with Crippen LogP contribution in [0.4, 0.5) is 10.1 Å². The lowest BCUT2D eigenvalue weighted by Gasteiger charge is -2.15. The third kappa shape index (κ3) is 2.31. The van der Waals surface area contributed by atoms with E-state index in [1.54, 1.807) is 6.07 Å². The Kier molecular flexibility index (Phi) is 3.46. The van der Waals surface area contributed by atoms with Crippen molar-refractivity contribution >= 4 is 27.2 Å². The highest BCUT2D eigenvalue weighted by atomic mass is 19.1. The van der Waals surface area contributed by atoms with E-state index < -0.39 is 0 Å². The van der Waals surface area contributed by atoms with Gasteiger partial charge in [-0.3, -0.25) is 0 Å². The molecule has 0 aliphatic heterocycles. The zero-order valence-electron chi connectivity index (χ0n) is 13.5. The molecule has 118 valence electrons. The van der Waals surface area contributed by atoms with Gasteiger partial charge >= 0.3 is 0 Å². The molecule has 0 aromatic heterocycles. The van der Waals surface area contributed by atoms with Crippen molar-refractivity contribution in [3.63, 3.8) is 0 Å². The topological polar surface area (TPSA) is 26.0 Å². The van der Waals surface area contributed by atoms with E-state index in [0.29, 0.717) is 0 Å². The summed E-state index contributed by atoms with van der Waals surface area (Å²) in [6.45, 7) is 2.15. The SMILES string of the molecule is CCc1ccc2cc3cc(F)ccc3cc2c1-c1ccccc1N. The molecule has 0 atom stereocenters. The molecule has 0 saturated carbocycles. The molecule has 0 unspecified atom stereocenters. The molecule has 24 heavy (non-hydrogen) atoms. The van der Waals surface area contributed by atoms with Crippen molar-refractivity contribution in [1.29, 1.82) is 0 Å². The lowest BCUT2D eigenvalue weighted by Crippen LogP contribution is -1.95. The summed E-state index contributed by atoms with van der Waals surface area (Å²) >= 11 is 0. The van der Waals surface area contributed by atoms with Gasteiger partial charge in [0.05, 0.1) is 0 Å². The van der Waals surface area contributed by atoms with E-state index in [-0.39, 0.29) is 5.82 Å². The van der Waals surface area contributed by atoms with Gasteiger partial charge in [-0.1, -0.05) is 43.3 Å². The van der Waals surface area contributed by atoms with Crippen LogP contribution in [-0.4, -0.2) is 0 Å². The van der Waals surface area contributed by atoms with Gasteiger partial charge in [0.1, 0.15) is 5.82 Å². The molecule has 2 heteroatoms. The first-order valence-electron chi connectivity index (χ1n) is 8.17. The van der Waals surface area contributed by atoms with Gasteiger partial charge in [0.2, 0.25) is 0 Å². The quantitative estimate of drug-likeness (QED) is 0.359. The van der Waals surface area contributed by atoms with E-state index in [1.165, 1.54) is 17.2 Å². The first-order chi connectivity index (χ1) is 11.7. The molecule has 2 N–H and O–H groups in total. The second kappa shape index (κ2) is 5.64. The Morgan fingerprint density at radius 3 is 2.42 bits per heavy atom. The first kappa shape index (κ1) is 14.7. The summed E-state index contributed by atoms with van der Waals surface area (Å²) in [5, 5.41) is 4.21. The van der Waals surface area contributed by atoms with Crippen LogP contribution in [0.3, 0.4) is 0 Å². The van der Waals surface area contributed by atoms with E-state index in [2.05, 4.69) is 37.3 Å². The van der Waals surface area contributed by atoms with Gasteiger partial charge in [0.25, 0.3) is 0 Å². The Hall–Kier alpha value is -2.87. The second-order valence-corrected chi connectivity index (χ2v) is 6.11. The lowest BCUT2D eigenvalue weighted by molar-refractivity contribution is 0.630. The molecule has 0 heterocycles.